The summed E-state index contributed by atoms with van der Waals surface area (Å²) in [5, 5.41) is 0. The van der Waals surface area contributed by atoms with Crippen LogP contribution < -0.4 is 0 Å². The third kappa shape index (κ3) is 1.76. The summed E-state index contributed by atoms with van der Waals surface area (Å²) in [5.41, 5.74) is 2.12. The van der Waals surface area contributed by atoms with E-state index in [2.05, 4.69) is 6.07 Å². The summed E-state index contributed by atoms with van der Waals surface area (Å²) in [4.78, 5) is 12.9. The quantitative estimate of drug-likeness (QED) is 0.728. The second-order valence-corrected chi connectivity index (χ2v) is 6.17. The Kier molecular flexibility index (Phi) is 2.93. The van der Waals surface area contributed by atoms with Gasteiger partial charge >= 0.3 is 0 Å². The smallest absolute Gasteiger partial charge is 0.171 e. The zero-order valence-corrected chi connectivity index (χ0v) is 11.6. The van der Waals surface area contributed by atoms with Crippen molar-refractivity contribution in [3.8, 4) is 0 Å². The van der Waals surface area contributed by atoms with Gasteiger partial charge in [-0.2, -0.15) is 0 Å². The molecule has 3 heteroatoms. The molecule has 106 valence electrons. The average molecular weight is 272 g/mol. The predicted octanol–water partition coefficient (Wildman–Crippen LogP) is 2.97. The highest BCUT2D eigenvalue weighted by Gasteiger charge is 2.52. The molecule has 4 rings (SSSR count). The van der Waals surface area contributed by atoms with Crippen molar-refractivity contribution >= 4 is 5.78 Å². The molecule has 0 N–H and O–H groups in total. The van der Waals surface area contributed by atoms with Gasteiger partial charge in [-0.3, -0.25) is 4.79 Å². The van der Waals surface area contributed by atoms with Gasteiger partial charge in [0.2, 0.25) is 0 Å². The molecule has 1 saturated heterocycles. The van der Waals surface area contributed by atoms with Crippen molar-refractivity contribution in [2.75, 3.05) is 13.2 Å². The van der Waals surface area contributed by atoms with E-state index < -0.39 is 5.79 Å². The Morgan fingerprint density at radius 1 is 1.10 bits per heavy atom. The first-order valence-electron chi connectivity index (χ1n) is 7.70. The number of rotatable bonds is 0. The summed E-state index contributed by atoms with van der Waals surface area (Å²) in [6.07, 6.45) is 4.89. The number of carbonyl (C=O) groups is 1. The molecule has 2 aliphatic carbocycles. The fourth-order valence-electron chi connectivity index (χ4n) is 4.31. The number of ether oxygens (including phenoxy) is 2. The van der Waals surface area contributed by atoms with E-state index in [1.54, 1.807) is 0 Å². The molecule has 0 radical (unpaired) electrons. The minimum Gasteiger partial charge on any atom is -0.347 e. The van der Waals surface area contributed by atoms with Crippen molar-refractivity contribution in [1.82, 2.24) is 0 Å². The molecule has 1 aromatic rings. The lowest BCUT2D eigenvalue weighted by Crippen LogP contribution is -2.48. The average Bonchev–Trinajstić information content (AvgIpc) is 2.88. The van der Waals surface area contributed by atoms with E-state index in [0.717, 1.165) is 37.7 Å². The predicted molar refractivity (Wildman–Crippen MR) is 74.6 cm³/mol. The number of carbonyl (C=O) groups excluding carboxylic acids is 1. The minimum atomic E-state index is -0.472. The van der Waals surface area contributed by atoms with Crippen LogP contribution in [0, 0.1) is 11.8 Å². The van der Waals surface area contributed by atoms with Gasteiger partial charge in [-0.1, -0.05) is 24.3 Å². The standard InChI is InChI=1S/C17H20O3/c18-16-13-5-2-1-4-12(13)7-8-15-14(16)6-3-9-17(15)19-10-11-20-17/h1-2,4-5,14-15H,3,6-11H2/t14-,15-/m0/s1. The zero-order chi connectivity index (χ0) is 13.6. The largest absolute Gasteiger partial charge is 0.347 e. The topological polar surface area (TPSA) is 35.5 Å². The number of fused-ring (bicyclic) bond motifs is 3. The number of hydrogen-bond donors (Lipinski definition) is 0. The molecular weight excluding hydrogens is 252 g/mol. The normalized spacial score (nSPS) is 31.7. The number of Topliss-reactive ketones (excluding diaryl/α,β-unsaturated/α-hetero) is 1. The molecule has 1 aromatic carbocycles. The Balaban J connectivity index is 1.74. The summed E-state index contributed by atoms with van der Waals surface area (Å²) >= 11 is 0. The highest BCUT2D eigenvalue weighted by atomic mass is 16.7. The Hall–Kier alpha value is -1.19. The van der Waals surface area contributed by atoms with E-state index in [4.69, 9.17) is 9.47 Å². The number of ketones is 1. The highest BCUT2D eigenvalue weighted by molar-refractivity contribution is 5.99. The Morgan fingerprint density at radius 3 is 2.75 bits per heavy atom. The first-order valence-corrected chi connectivity index (χ1v) is 7.70. The summed E-state index contributed by atoms with van der Waals surface area (Å²) in [6, 6.07) is 8.07. The van der Waals surface area contributed by atoms with Gasteiger partial charge in [0.25, 0.3) is 0 Å². The van der Waals surface area contributed by atoms with Crippen LogP contribution in [0.15, 0.2) is 24.3 Å². The molecule has 20 heavy (non-hydrogen) atoms. The van der Waals surface area contributed by atoms with Crippen LogP contribution in [0.25, 0.3) is 0 Å². The minimum absolute atomic E-state index is 0.0745. The van der Waals surface area contributed by atoms with Gasteiger partial charge in [0.05, 0.1) is 13.2 Å². The molecule has 2 atom stereocenters. The number of hydrogen-bond acceptors (Lipinski definition) is 3. The maximum atomic E-state index is 12.9. The van der Waals surface area contributed by atoms with Crippen LogP contribution in [0.1, 0.15) is 41.6 Å². The summed E-state index contributed by atoms with van der Waals surface area (Å²) in [6.45, 7) is 1.34. The van der Waals surface area contributed by atoms with Gasteiger partial charge in [-0.25, -0.2) is 0 Å². The van der Waals surface area contributed by atoms with Gasteiger partial charge in [0.1, 0.15) is 0 Å². The van der Waals surface area contributed by atoms with Crippen molar-refractivity contribution in [3.63, 3.8) is 0 Å². The maximum Gasteiger partial charge on any atom is 0.171 e. The molecule has 0 unspecified atom stereocenters. The molecule has 2 fully saturated rings. The molecule has 3 nitrogen and oxygen atoms in total. The fraction of sp³-hybridized carbons (Fsp3) is 0.588. The van der Waals surface area contributed by atoms with Gasteiger partial charge in [0, 0.05) is 23.8 Å². The van der Waals surface area contributed by atoms with Gasteiger partial charge in [0.15, 0.2) is 11.6 Å². The zero-order valence-electron chi connectivity index (χ0n) is 11.6. The van der Waals surface area contributed by atoms with E-state index in [9.17, 15) is 4.79 Å². The van der Waals surface area contributed by atoms with Crippen molar-refractivity contribution in [3.05, 3.63) is 35.4 Å². The molecule has 0 amide bonds. The number of aryl methyl sites for hydroxylation is 1. The van der Waals surface area contributed by atoms with Crippen molar-refractivity contribution in [2.45, 2.75) is 37.9 Å². The third-order valence-electron chi connectivity index (χ3n) is 5.21. The lowest BCUT2D eigenvalue weighted by atomic mass is 9.71. The maximum absolute atomic E-state index is 12.9. The van der Waals surface area contributed by atoms with Gasteiger partial charge < -0.3 is 9.47 Å². The summed E-state index contributed by atoms with van der Waals surface area (Å²) in [5.74, 6) is 0.131. The van der Waals surface area contributed by atoms with Crippen LogP contribution in [-0.2, 0) is 15.9 Å². The van der Waals surface area contributed by atoms with Crippen molar-refractivity contribution in [1.29, 1.82) is 0 Å². The Morgan fingerprint density at radius 2 is 1.90 bits per heavy atom. The molecule has 1 heterocycles. The second kappa shape index (κ2) is 4.68. The molecule has 1 aliphatic heterocycles. The van der Waals surface area contributed by atoms with Crippen LogP contribution >= 0.6 is 0 Å². The number of benzene rings is 1. The monoisotopic (exact) mass is 272 g/mol. The van der Waals surface area contributed by atoms with Crippen molar-refractivity contribution in [2.24, 2.45) is 11.8 Å². The van der Waals surface area contributed by atoms with Crippen LogP contribution in [0.3, 0.4) is 0 Å². The van der Waals surface area contributed by atoms with Crippen LogP contribution in [0.4, 0.5) is 0 Å². The van der Waals surface area contributed by atoms with E-state index in [1.807, 2.05) is 18.2 Å². The summed E-state index contributed by atoms with van der Waals surface area (Å²) < 4.78 is 12.0. The molecule has 1 saturated carbocycles. The van der Waals surface area contributed by atoms with E-state index in [1.165, 1.54) is 5.56 Å². The molecular formula is C17H20O3. The molecule has 0 bridgehead atoms. The molecule has 0 aromatic heterocycles. The lowest BCUT2D eigenvalue weighted by Gasteiger charge is -2.43. The van der Waals surface area contributed by atoms with E-state index in [-0.39, 0.29) is 11.8 Å². The molecule has 3 aliphatic rings. The van der Waals surface area contributed by atoms with Gasteiger partial charge in [-0.15, -0.1) is 0 Å². The Bertz CT molecular complexity index is 531. The van der Waals surface area contributed by atoms with E-state index in [0.29, 0.717) is 19.0 Å². The van der Waals surface area contributed by atoms with Crippen molar-refractivity contribution < 1.29 is 14.3 Å². The van der Waals surface area contributed by atoms with Crippen LogP contribution in [0.2, 0.25) is 0 Å². The van der Waals surface area contributed by atoms with Crippen LogP contribution in [0.5, 0.6) is 0 Å². The van der Waals surface area contributed by atoms with Crippen LogP contribution in [-0.4, -0.2) is 24.8 Å². The van der Waals surface area contributed by atoms with E-state index >= 15 is 0 Å². The SMILES string of the molecule is O=C1c2ccccc2CC[C@H]2[C@@H]1CCCC21OCCO1. The first kappa shape index (κ1) is 12.5. The second-order valence-electron chi connectivity index (χ2n) is 6.17. The third-order valence-corrected chi connectivity index (χ3v) is 5.21. The fourth-order valence-corrected chi connectivity index (χ4v) is 4.31. The first-order chi connectivity index (χ1) is 9.80. The summed E-state index contributed by atoms with van der Waals surface area (Å²) in [7, 11) is 0. The lowest BCUT2D eigenvalue weighted by molar-refractivity contribution is -0.221. The van der Waals surface area contributed by atoms with Gasteiger partial charge in [-0.05, 0) is 31.2 Å². The highest BCUT2D eigenvalue weighted by Crippen LogP contribution is 2.48. The Labute approximate surface area is 119 Å². The molecule has 1 spiro atoms.